The molecule has 1 heterocycles. The molecule has 0 spiro atoms. The van der Waals surface area contributed by atoms with Crippen LogP contribution < -0.4 is 11.3 Å². The molecule has 2 aromatic rings. The minimum atomic E-state index is -0.447. The van der Waals surface area contributed by atoms with E-state index in [1.165, 1.54) is 0 Å². The lowest BCUT2D eigenvalue weighted by Gasteiger charge is -2.09. The molecule has 0 saturated carbocycles. The summed E-state index contributed by atoms with van der Waals surface area (Å²) in [5.74, 6) is -0.0637. The topological polar surface area (TPSA) is 92.0 Å². The Morgan fingerprint density at radius 2 is 2.11 bits per heavy atom. The van der Waals surface area contributed by atoms with Crippen LogP contribution in [0.25, 0.3) is 11.1 Å². The monoisotopic (exact) mass is 309 g/mol. The van der Waals surface area contributed by atoms with Gasteiger partial charge in [-0.1, -0.05) is 34.1 Å². The van der Waals surface area contributed by atoms with Crippen molar-refractivity contribution in [3.8, 4) is 17.0 Å². The van der Waals surface area contributed by atoms with Crippen molar-refractivity contribution in [3.05, 3.63) is 44.9 Å². The molecule has 0 aliphatic rings. The molecule has 0 radical (unpaired) electrons. The zero-order valence-electron chi connectivity index (χ0n) is 9.64. The van der Waals surface area contributed by atoms with E-state index < -0.39 is 11.6 Å². The number of nitrogens with one attached hydrogen (secondary N) is 1. The summed E-state index contributed by atoms with van der Waals surface area (Å²) in [5, 5.41) is 9.89. The second-order valence-electron chi connectivity index (χ2n) is 3.92. The van der Waals surface area contributed by atoms with Crippen molar-refractivity contribution in [2.75, 3.05) is 0 Å². The van der Waals surface area contributed by atoms with E-state index in [1.54, 1.807) is 25.1 Å². The Labute approximate surface area is 112 Å². The first kappa shape index (κ1) is 12.8. The molecule has 0 amide bonds. The predicted molar refractivity (Wildman–Crippen MR) is 72.3 cm³/mol. The molecule has 1 atom stereocenters. The van der Waals surface area contributed by atoms with Gasteiger partial charge in [0.15, 0.2) is 0 Å². The molecule has 1 aromatic heterocycles. The Kier molecular flexibility index (Phi) is 3.49. The van der Waals surface area contributed by atoms with Gasteiger partial charge in [-0.2, -0.15) is 4.98 Å². The highest BCUT2D eigenvalue weighted by Crippen LogP contribution is 2.30. The molecular formula is C12H12BrN3O2. The van der Waals surface area contributed by atoms with Gasteiger partial charge >= 0.3 is 0 Å². The Hall–Kier alpha value is -1.66. The van der Waals surface area contributed by atoms with Crippen molar-refractivity contribution in [2.24, 2.45) is 5.73 Å². The Bertz CT molecular complexity index is 637. The van der Waals surface area contributed by atoms with Gasteiger partial charge in [0.05, 0.1) is 6.04 Å². The third kappa shape index (κ3) is 2.30. The number of aromatic hydroxyl groups is 1. The number of hydrogen-bond acceptors (Lipinski definition) is 4. The van der Waals surface area contributed by atoms with Crippen molar-refractivity contribution >= 4 is 15.9 Å². The number of aromatic nitrogens is 2. The first-order chi connectivity index (χ1) is 8.50. The maximum Gasteiger partial charge on any atom is 0.262 e. The van der Waals surface area contributed by atoms with Crippen LogP contribution in [0.4, 0.5) is 0 Å². The molecular weight excluding hydrogens is 298 g/mol. The van der Waals surface area contributed by atoms with E-state index in [-0.39, 0.29) is 17.3 Å². The molecule has 94 valence electrons. The summed E-state index contributed by atoms with van der Waals surface area (Å²) < 4.78 is 0.709. The van der Waals surface area contributed by atoms with Crippen LogP contribution in [0.2, 0.25) is 0 Å². The predicted octanol–water partition coefficient (Wildman–Crippen LogP) is 1.92. The average Bonchev–Trinajstić information content (AvgIpc) is 2.30. The smallest absolute Gasteiger partial charge is 0.262 e. The third-order valence-electron chi connectivity index (χ3n) is 2.49. The Morgan fingerprint density at radius 1 is 1.44 bits per heavy atom. The zero-order valence-corrected chi connectivity index (χ0v) is 11.2. The van der Waals surface area contributed by atoms with E-state index in [1.807, 2.05) is 6.07 Å². The van der Waals surface area contributed by atoms with Gasteiger partial charge < -0.3 is 15.8 Å². The van der Waals surface area contributed by atoms with Crippen LogP contribution in [0.15, 0.2) is 33.5 Å². The molecule has 1 unspecified atom stereocenters. The minimum absolute atomic E-state index is 0.131. The van der Waals surface area contributed by atoms with Gasteiger partial charge in [-0.15, -0.1) is 0 Å². The molecule has 2 rings (SSSR count). The quantitative estimate of drug-likeness (QED) is 0.790. The fourth-order valence-electron chi connectivity index (χ4n) is 1.60. The van der Waals surface area contributed by atoms with Crippen molar-refractivity contribution in [1.82, 2.24) is 9.97 Å². The van der Waals surface area contributed by atoms with Crippen LogP contribution in [0.1, 0.15) is 18.8 Å². The molecule has 5 nitrogen and oxygen atoms in total. The van der Waals surface area contributed by atoms with Crippen LogP contribution in [0.3, 0.4) is 0 Å². The minimum Gasteiger partial charge on any atom is -0.493 e. The van der Waals surface area contributed by atoms with Crippen molar-refractivity contribution in [3.63, 3.8) is 0 Å². The number of halogens is 1. The van der Waals surface area contributed by atoms with Crippen LogP contribution >= 0.6 is 15.9 Å². The summed E-state index contributed by atoms with van der Waals surface area (Å²) in [5.41, 5.74) is 5.92. The van der Waals surface area contributed by atoms with Crippen LogP contribution in [-0.4, -0.2) is 15.1 Å². The molecule has 6 heteroatoms. The summed E-state index contributed by atoms with van der Waals surface area (Å²) in [6, 6.07) is 6.66. The summed E-state index contributed by atoms with van der Waals surface area (Å²) in [6.45, 7) is 1.68. The summed E-state index contributed by atoms with van der Waals surface area (Å²) in [7, 11) is 0. The van der Waals surface area contributed by atoms with Gasteiger partial charge in [-0.25, -0.2) is 0 Å². The van der Waals surface area contributed by atoms with Crippen molar-refractivity contribution in [2.45, 2.75) is 13.0 Å². The number of nitrogens with two attached hydrogens (primary N) is 1. The second-order valence-corrected chi connectivity index (χ2v) is 4.77. The molecule has 1 aromatic carbocycles. The molecule has 0 saturated heterocycles. The van der Waals surface area contributed by atoms with Gasteiger partial charge in [0.25, 0.3) is 5.56 Å². The maximum absolute atomic E-state index is 12.0. The average molecular weight is 310 g/mol. The lowest BCUT2D eigenvalue weighted by molar-refractivity contribution is 0.447. The molecule has 4 N–H and O–H groups in total. The molecule has 18 heavy (non-hydrogen) atoms. The highest BCUT2D eigenvalue weighted by Gasteiger charge is 2.16. The molecule has 0 aliphatic heterocycles. The van der Waals surface area contributed by atoms with Crippen LogP contribution in [0, 0.1) is 0 Å². The number of nitrogens with zero attached hydrogens (tertiary/aromatic N) is 1. The van der Waals surface area contributed by atoms with E-state index >= 15 is 0 Å². The normalized spacial score (nSPS) is 12.4. The number of benzene rings is 1. The summed E-state index contributed by atoms with van der Waals surface area (Å²) in [6.07, 6.45) is 0. The first-order valence-corrected chi connectivity index (χ1v) is 6.13. The Morgan fingerprint density at radius 3 is 2.67 bits per heavy atom. The number of hydrogen-bond donors (Lipinski definition) is 3. The SMILES string of the molecule is CC(N)c1nc(O)c(-c2ccccc2Br)c(=O)[nH]1. The largest absolute Gasteiger partial charge is 0.493 e. The van der Waals surface area contributed by atoms with E-state index in [0.717, 1.165) is 0 Å². The van der Waals surface area contributed by atoms with Crippen LogP contribution in [0.5, 0.6) is 5.88 Å². The third-order valence-corrected chi connectivity index (χ3v) is 3.18. The second kappa shape index (κ2) is 4.91. The summed E-state index contributed by atoms with van der Waals surface area (Å²) in [4.78, 5) is 18.5. The van der Waals surface area contributed by atoms with E-state index in [0.29, 0.717) is 10.0 Å². The maximum atomic E-state index is 12.0. The first-order valence-electron chi connectivity index (χ1n) is 5.34. The highest BCUT2D eigenvalue weighted by molar-refractivity contribution is 9.10. The number of H-pyrrole nitrogens is 1. The van der Waals surface area contributed by atoms with Crippen molar-refractivity contribution in [1.29, 1.82) is 0 Å². The molecule has 0 fully saturated rings. The molecule has 0 bridgehead atoms. The number of aromatic amines is 1. The highest BCUT2D eigenvalue weighted by atomic mass is 79.9. The van der Waals surface area contributed by atoms with Gasteiger partial charge in [-0.3, -0.25) is 4.79 Å². The zero-order chi connectivity index (χ0) is 13.3. The van der Waals surface area contributed by atoms with E-state index in [4.69, 9.17) is 5.73 Å². The van der Waals surface area contributed by atoms with Crippen molar-refractivity contribution < 1.29 is 5.11 Å². The van der Waals surface area contributed by atoms with Crippen LogP contribution in [-0.2, 0) is 0 Å². The van der Waals surface area contributed by atoms with E-state index in [9.17, 15) is 9.90 Å². The van der Waals surface area contributed by atoms with E-state index in [2.05, 4.69) is 25.9 Å². The van der Waals surface area contributed by atoms with Gasteiger partial charge in [0.2, 0.25) is 5.88 Å². The van der Waals surface area contributed by atoms with Gasteiger partial charge in [0.1, 0.15) is 11.4 Å². The molecule has 0 aliphatic carbocycles. The van der Waals surface area contributed by atoms with Gasteiger partial charge in [0, 0.05) is 10.0 Å². The standard InChI is InChI=1S/C12H12BrN3O2/c1-6(14)10-15-11(17)9(12(18)16-10)7-4-2-3-5-8(7)13/h2-6H,14H2,1H3,(H2,15,16,17,18). The van der Waals surface area contributed by atoms with Gasteiger partial charge in [-0.05, 0) is 13.0 Å². The summed E-state index contributed by atoms with van der Waals surface area (Å²) >= 11 is 3.33. The lowest BCUT2D eigenvalue weighted by atomic mass is 10.1. The number of rotatable bonds is 2. The fraction of sp³-hybridized carbons (Fsp3) is 0.167. The Balaban J connectivity index is 2.67. The fourth-order valence-corrected chi connectivity index (χ4v) is 2.08. The lowest BCUT2D eigenvalue weighted by Crippen LogP contribution is -2.19.